The third-order valence-electron chi connectivity index (χ3n) is 3.15. The standard InChI is InChI=1S/C10H18O4.C9H16O4/c1-3-13-7-8-14-6-4-5-9(2)10(11)12;1-8(9(10)11)4-3-5-13-7-6-12-2/h2-8H2,1H3,(H,11,12);1,3-7H2,2H3,(H,10,11). The van der Waals surface area contributed by atoms with Crippen molar-refractivity contribution in [3.05, 3.63) is 24.3 Å². The van der Waals surface area contributed by atoms with E-state index >= 15 is 0 Å². The van der Waals surface area contributed by atoms with Crippen LogP contribution in [0.15, 0.2) is 24.3 Å². The Kier molecular flexibility index (Phi) is 20.9. The monoisotopic (exact) mass is 390 g/mol. The maximum atomic E-state index is 10.3. The molecule has 27 heavy (non-hydrogen) atoms. The fourth-order valence-electron chi connectivity index (χ4n) is 1.60. The van der Waals surface area contributed by atoms with Crippen LogP contribution in [0.1, 0.15) is 32.6 Å². The van der Waals surface area contributed by atoms with Gasteiger partial charge in [-0.3, -0.25) is 0 Å². The summed E-state index contributed by atoms with van der Waals surface area (Å²) in [6.07, 6.45) is 2.33. The smallest absolute Gasteiger partial charge is 0.330 e. The molecule has 0 radical (unpaired) electrons. The van der Waals surface area contributed by atoms with Gasteiger partial charge in [-0.2, -0.15) is 0 Å². The Hall–Kier alpha value is -1.74. The van der Waals surface area contributed by atoms with Crippen LogP contribution in [-0.4, -0.2) is 75.5 Å². The maximum absolute atomic E-state index is 10.3. The van der Waals surface area contributed by atoms with Crippen LogP contribution in [0, 0.1) is 0 Å². The number of carboxylic acid groups (broad SMARTS) is 2. The number of hydrogen-bond acceptors (Lipinski definition) is 6. The highest BCUT2D eigenvalue weighted by atomic mass is 16.5. The minimum absolute atomic E-state index is 0.232. The highest BCUT2D eigenvalue weighted by molar-refractivity contribution is 5.85. The Labute approximate surface area is 161 Å². The van der Waals surface area contributed by atoms with Crippen molar-refractivity contribution in [3.63, 3.8) is 0 Å². The molecular formula is C19H34O8. The van der Waals surface area contributed by atoms with Gasteiger partial charge in [-0.05, 0) is 32.6 Å². The topological polar surface area (TPSA) is 112 Å². The van der Waals surface area contributed by atoms with Gasteiger partial charge in [0.2, 0.25) is 0 Å². The summed E-state index contributed by atoms with van der Waals surface area (Å²) in [5, 5.41) is 17.0. The Morgan fingerprint density at radius 3 is 1.52 bits per heavy atom. The van der Waals surface area contributed by atoms with E-state index in [-0.39, 0.29) is 11.1 Å². The van der Waals surface area contributed by atoms with Crippen LogP contribution in [0.25, 0.3) is 0 Å². The number of aliphatic carboxylic acids is 2. The van der Waals surface area contributed by atoms with Crippen molar-refractivity contribution in [2.75, 3.05) is 53.4 Å². The highest BCUT2D eigenvalue weighted by Gasteiger charge is 2.03. The number of methoxy groups -OCH3 is 1. The number of carboxylic acids is 2. The summed E-state index contributed by atoms with van der Waals surface area (Å²) in [6, 6.07) is 0. The van der Waals surface area contributed by atoms with E-state index in [0.29, 0.717) is 71.9 Å². The first-order chi connectivity index (χ1) is 12.9. The zero-order valence-corrected chi connectivity index (χ0v) is 16.5. The van der Waals surface area contributed by atoms with E-state index in [4.69, 9.17) is 29.2 Å². The summed E-state index contributed by atoms with van der Waals surface area (Å²) in [7, 11) is 1.61. The molecule has 8 nitrogen and oxygen atoms in total. The zero-order chi connectivity index (χ0) is 20.9. The molecule has 0 aliphatic rings. The Morgan fingerprint density at radius 2 is 1.15 bits per heavy atom. The van der Waals surface area contributed by atoms with Crippen molar-refractivity contribution < 1.29 is 38.7 Å². The molecule has 0 heterocycles. The SMILES string of the molecule is C=C(CCCOCCOC)C(=O)O.C=C(CCCOCCOCC)C(=O)O. The van der Waals surface area contributed by atoms with Crippen molar-refractivity contribution >= 4 is 11.9 Å². The van der Waals surface area contributed by atoms with Crippen LogP contribution in [0.2, 0.25) is 0 Å². The van der Waals surface area contributed by atoms with E-state index in [0.717, 1.165) is 0 Å². The molecule has 0 bridgehead atoms. The average molecular weight is 390 g/mol. The van der Waals surface area contributed by atoms with Gasteiger partial charge in [-0.15, -0.1) is 0 Å². The van der Waals surface area contributed by atoms with Crippen LogP contribution < -0.4 is 0 Å². The van der Waals surface area contributed by atoms with E-state index in [1.165, 1.54) is 0 Å². The van der Waals surface area contributed by atoms with E-state index in [9.17, 15) is 9.59 Å². The van der Waals surface area contributed by atoms with Gasteiger partial charge in [0, 0.05) is 38.1 Å². The molecule has 158 valence electrons. The van der Waals surface area contributed by atoms with Crippen LogP contribution in [0.5, 0.6) is 0 Å². The van der Waals surface area contributed by atoms with E-state index < -0.39 is 11.9 Å². The van der Waals surface area contributed by atoms with Gasteiger partial charge in [-0.25, -0.2) is 9.59 Å². The fourth-order valence-corrected chi connectivity index (χ4v) is 1.60. The van der Waals surface area contributed by atoms with Crippen LogP contribution in [0.4, 0.5) is 0 Å². The summed E-state index contributed by atoms with van der Waals surface area (Å²) < 4.78 is 20.2. The van der Waals surface area contributed by atoms with E-state index in [1.54, 1.807) is 7.11 Å². The molecule has 0 aliphatic carbocycles. The van der Waals surface area contributed by atoms with Gasteiger partial charge >= 0.3 is 11.9 Å². The predicted molar refractivity (Wildman–Crippen MR) is 102 cm³/mol. The molecule has 2 N–H and O–H groups in total. The normalized spacial score (nSPS) is 10.0. The molecule has 0 saturated carbocycles. The molecule has 0 saturated heterocycles. The van der Waals surface area contributed by atoms with Crippen molar-refractivity contribution in [1.29, 1.82) is 0 Å². The molecular weight excluding hydrogens is 356 g/mol. The summed E-state index contributed by atoms with van der Waals surface area (Å²) in [5.41, 5.74) is 0.466. The summed E-state index contributed by atoms with van der Waals surface area (Å²) in [4.78, 5) is 20.6. The molecule has 0 spiro atoms. The average Bonchev–Trinajstić information content (AvgIpc) is 2.63. The second kappa shape index (κ2) is 20.6. The van der Waals surface area contributed by atoms with Crippen molar-refractivity contribution in [3.8, 4) is 0 Å². The Morgan fingerprint density at radius 1 is 0.741 bits per heavy atom. The molecule has 0 amide bonds. The number of hydrogen-bond donors (Lipinski definition) is 2. The lowest BCUT2D eigenvalue weighted by Crippen LogP contribution is -2.06. The van der Waals surface area contributed by atoms with Gasteiger partial charge in [0.25, 0.3) is 0 Å². The minimum atomic E-state index is -0.933. The van der Waals surface area contributed by atoms with Crippen LogP contribution >= 0.6 is 0 Å². The number of rotatable bonds is 17. The van der Waals surface area contributed by atoms with E-state index in [1.807, 2.05) is 6.92 Å². The van der Waals surface area contributed by atoms with Gasteiger partial charge in [0.05, 0.1) is 26.4 Å². The highest BCUT2D eigenvalue weighted by Crippen LogP contribution is 2.02. The molecule has 0 unspecified atom stereocenters. The lowest BCUT2D eigenvalue weighted by molar-refractivity contribution is -0.133. The Bertz CT molecular complexity index is 420. The van der Waals surface area contributed by atoms with Crippen molar-refractivity contribution in [2.45, 2.75) is 32.6 Å². The molecule has 0 rings (SSSR count). The molecule has 0 atom stereocenters. The number of ether oxygens (including phenoxy) is 4. The fraction of sp³-hybridized carbons (Fsp3) is 0.684. The third-order valence-corrected chi connectivity index (χ3v) is 3.15. The Balaban J connectivity index is 0. The van der Waals surface area contributed by atoms with Crippen LogP contribution in [-0.2, 0) is 28.5 Å². The summed E-state index contributed by atoms with van der Waals surface area (Å²) >= 11 is 0. The second-order valence-electron chi connectivity index (χ2n) is 5.44. The third kappa shape index (κ3) is 22.2. The van der Waals surface area contributed by atoms with Gasteiger partial charge < -0.3 is 29.2 Å². The minimum Gasteiger partial charge on any atom is -0.478 e. The first kappa shape index (κ1) is 27.5. The molecule has 0 aromatic rings. The quantitative estimate of drug-likeness (QED) is 0.288. The summed E-state index contributed by atoms with van der Waals surface area (Å²) in [6.45, 7) is 12.8. The maximum Gasteiger partial charge on any atom is 0.330 e. The first-order valence-electron chi connectivity index (χ1n) is 8.91. The molecule has 0 aromatic carbocycles. The zero-order valence-electron chi connectivity index (χ0n) is 16.5. The molecule has 0 fully saturated rings. The van der Waals surface area contributed by atoms with Gasteiger partial charge in [0.15, 0.2) is 0 Å². The van der Waals surface area contributed by atoms with Gasteiger partial charge in [0.1, 0.15) is 0 Å². The lowest BCUT2D eigenvalue weighted by Gasteiger charge is -2.04. The van der Waals surface area contributed by atoms with Crippen molar-refractivity contribution in [2.24, 2.45) is 0 Å². The lowest BCUT2D eigenvalue weighted by atomic mass is 10.2. The predicted octanol–water partition coefficient (Wildman–Crippen LogP) is 2.53. The largest absolute Gasteiger partial charge is 0.478 e. The van der Waals surface area contributed by atoms with Crippen LogP contribution in [0.3, 0.4) is 0 Å². The molecule has 0 aliphatic heterocycles. The van der Waals surface area contributed by atoms with Gasteiger partial charge in [-0.1, -0.05) is 13.2 Å². The molecule has 8 heteroatoms. The van der Waals surface area contributed by atoms with E-state index in [2.05, 4.69) is 13.2 Å². The first-order valence-corrected chi connectivity index (χ1v) is 8.91. The number of carbonyl (C=O) groups is 2. The second-order valence-corrected chi connectivity index (χ2v) is 5.44. The molecule has 0 aromatic heterocycles. The van der Waals surface area contributed by atoms with Crippen molar-refractivity contribution in [1.82, 2.24) is 0 Å². The summed E-state index contributed by atoms with van der Waals surface area (Å²) in [5.74, 6) is -1.86.